The number of nitrogens with one attached hydrogen (secondary N) is 1. The number of nitrogens with zero attached hydrogens (tertiary/aromatic N) is 7. The molecule has 9 nitrogen and oxygen atoms in total. The topological polar surface area (TPSA) is 102 Å². The molecule has 1 unspecified atom stereocenters. The van der Waals surface area contributed by atoms with Crippen LogP contribution in [0.3, 0.4) is 0 Å². The molecule has 4 rings (SSSR count). The van der Waals surface area contributed by atoms with Crippen molar-refractivity contribution in [2.24, 2.45) is 7.05 Å². The fourth-order valence-electron chi connectivity index (χ4n) is 4.07. The second-order valence-corrected chi connectivity index (χ2v) is 9.24. The van der Waals surface area contributed by atoms with E-state index < -0.39 is 0 Å². The summed E-state index contributed by atoms with van der Waals surface area (Å²) >= 11 is 1.47. The van der Waals surface area contributed by atoms with Gasteiger partial charge in [-0.25, -0.2) is 9.97 Å². The van der Waals surface area contributed by atoms with Gasteiger partial charge in [0.2, 0.25) is 11.0 Å². The summed E-state index contributed by atoms with van der Waals surface area (Å²) in [6.07, 6.45) is 6.45. The third-order valence-electron chi connectivity index (χ3n) is 5.70. The van der Waals surface area contributed by atoms with Gasteiger partial charge in [-0.15, -0.1) is 10.2 Å². The number of hydrogen-bond acceptors (Lipinski definition) is 8. The van der Waals surface area contributed by atoms with Gasteiger partial charge in [-0.3, -0.25) is 9.48 Å². The third kappa shape index (κ3) is 4.69. The Morgan fingerprint density at radius 1 is 1.19 bits per heavy atom. The van der Waals surface area contributed by atoms with Gasteiger partial charge in [0.05, 0.1) is 17.4 Å². The highest BCUT2D eigenvalue weighted by Crippen LogP contribution is 2.32. The zero-order valence-corrected chi connectivity index (χ0v) is 19.9. The predicted octanol–water partition coefficient (Wildman–Crippen LogP) is 3.81. The Hall–Kier alpha value is -3.14. The van der Waals surface area contributed by atoms with Gasteiger partial charge in [0, 0.05) is 37.0 Å². The Balaban J connectivity index is 1.57. The van der Waals surface area contributed by atoms with Crippen molar-refractivity contribution in [2.45, 2.75) is 53.0 Å². The van der Waals surface area contributed by atoms with Crippen LogP contribution in [-0.2, 0) is 11.8 Å². The molecule has 1 aliphatic heterocycles. The lowest BCUT2D eigenvalue weighted by Gasteiger charge is -2.35. The first kappa shape index (κ1) is 22.1. The standard InChI is InChI=1S/C22H28N8OS/c1-13-17(14(2)29(5)28-13)9-10-21(31)30-11-7-6-8-19(30)18-12-20(24-15(3)23-18)25-22-27-26-16(4)32-22/h9-10,12,19H,6-8,11H2,1-5H3,(H,23,24,25,27)/b10-9+. The molecular weight excluding hydrogens is 424 g/mol. The molecule has 0 aromatic carbocycles. The van der Waals surface area contributed by atoms with Crippen LogP contribution in [0.15, 0.2) is 12.1 Å². The monoisotopic (exact) mass is 452 g/mol. The van der Waals surface area contributed by atoms with E-state index in [1.54, 1.807) is 6.08 Å². The highest BCUT2D eigenvalue weighted by Gasteiger charge is 2.28. The number of aromatic nitrogens is 6. The number of aryl methyl sites for hydroxylation is 4. The maximum atomic E-state index is 13.2. The molecule has 1 N–H and O–H groups in total. The quantitative estimate of drug-likeness (QED) is 0.587. The normalized spacial score (nSPS) is 16.7. The molecule has 1 amide bonds. The van der Waals surface area contributed by atoms with Crippen LogP contribution in [0, 0.1) is 27.7 Å². The molecule has 1 atom stereocenters. The highest BCUT2D eigenvalue weighted by atomic mass is 32.1. The van der Waals surface area contributed by atoms with E-state index in [1.165, 1.54) is 11.3 Å². The first-order valence-electron chi connectivity index (χ1n) is 10.7. The van der Waals surface area contributed by atoms with Crippen molar-refractivity contribution in [3.63, 3.8) is 0 Å². The summed E-state index contributed by atoms with van der Waals surface area (Å²) in [5, 5.41) is 17.4. The van der Waals surface area contributed by atoms with Crippen LogP contribution in [0.25, 0.3) is 6.08 Å². The lowest BCUT2D eigenvalue weighted by Crippen LogP contribution is -2.38. The van der Waals surface area contributed by atoms with Crippen LogP contribution in [0.4, 0.5) is 10.9 Å². The fraction of sp³-hybridized carbons (Fsp3) is 0.455. The number of piperidine rings is 1. The van der Waals surface area contributed by atoms with E-state index >= 15 is 0 Å². The molecule has 1 fully saturated rings. The number of amides is 1. The van der Waals surface area contributed by atoms with Crippen molar-refractivity contribution in [3.05, 3.63) is 45.6 Å². The molecule has 3 aromatic rings. The molecule has 4 heterocycles. The van der Waals surface area contributed by atoms with Crippen molar-refractivity contribution in [2.75, 3.05) is 11.9 Å². The molecule has 0 bridgehead atoms. The molecule has 0 radical (unpaired) electrons. The second kappa shape index (κ2) is 9.15. The minimum absolute atomic E-state index is 0.0112. The van der Waals surface area contributed by atoms with E-state index in [2.05, 4.69) is 30.6 Å². The SMILES string of the molecule is Cc1nc(Nc2nnc(C)s2)cc(C2CCCCN2C(=O)/C=C/c2c(C)nn(C)c2C)n1. The van der Waals surface area contributed by atoms with Gasteiger partial charge in [0.1, 0.15) is 16.6 Å². The van der Waals surface area contributed by atoms with Crippen molar-refractivity contribution in [1.82, 2.24) is 34.8 Å². The average molecular weight is 453 g/mol. The summed E-state index contributed by atoms with van der Waals surface area (Å²) in [7, 11) is 1.91. The first-order valence-corrected chi connectivity index (χ1v) is 11.5. The summed E-state index contributed by atoms with van der Waals surface area (Å²) in [4.78, 5) is 24.3. The maximum absolute atomic E-state index is 13.2. The number of carbonyl (C=O) groups is 1. The van der Waals surface area contributed by atoms with Crippen LogP contribution >= 0.6 is 11.3 Å². The third-order valence-corrected chi connectivity index (χ3v) is 6.46. The predicted molar refractivity (Wildman–Crippen MR) is 125 cm³/mol. The first-order chi connectivity index (χ1) is 15.3. The van der Waals surface area contributed by atoms with Gasteiger partial charge in [-0.1, -0.05) is 11.3 Å². The van der Waals surface area contributed by atoms with E-state index in [0.29, 0.717) is 23.3 Å². The lowest BCUT2D eigenvalue weighted by molar-refractivity contribution is -0.129. The van der Waals surface area contributed by atoms with E-state index in [-0.39, 0.29) is 11.9 Å². The minimum Gasteiger partial charge on any atom is -0.331 e. The van der Waals surface area contributed by atoms with Gasteiger partial charge >= 0.3 is 0 Å². The van der Waals surface area contributed by atoms with Crippen LogP contribution in [0.5, 0.6) is 0 Å². The summed E-state index contributed by atoms with van der Waals surface area (Å²) in [6, 6.07) is 1.83. The Morgan fingerprint density at radius 2 is 2.00 bits per heavy atom. The number of rotatable bonds is 5. The Morgan fingerprint density at radius 3 is 2.69 bits per heavy atom. The van der Waals surface area contributed by atoms with Crippen LogP contribution in [0.1, 0.15) is 58.8 Å². The van der Waals surface area contributed by atoms with E-state index in [9.17, 15) is 4.79 Å². The van der Waals surface area contributed by atoms with Gasteiger partial charge < -0.3 is 10.2 Å². The summed E-state index contributed by atoms with van der Waals surface area (Å²) < 4.78 is 1.83. The lowest BCUT2D eigenvalue weighted by atomic mass is 9.98. The van der Waals surface area contributed by atoms with Gasteiger partial charge in [-0.05, 0) is 53.0 Å². The minimum atomic E-state index is -0.0876. The summed E-state index contributed by atoms with van der Waals surface area (Å²) in [5.74, 6) is 1.31. The molecule has 0 aliphatic carbocycles. The van der Waals surface area contributed by atoms with Crippen LogP contribution < -0.4 is 5.32 Å². The van der Waals surface area contributed by atoms with Gasteiger partial charge in [0.25, 0.3) is 0 Å². The average Bonchev–Trinajstić information content (AvgIpc) is 3.27. The van der Waals surface area contributed by atoms with E-state index in [0.717, 1.165) is 46.9 Å². The van der Waals surface area contributed by atoms with Gasteiger partial charge in [-0.2, -0.15) is 5.10 Å². The van der Waals surface area contributed by atoms with Crippen molar-refractivity contribution in [3.8, 4) is 0 Å². The smallest absolute Gasteiger partial charge is 0.247 e. The van der Waals surface area contributed by atoms with Gasteiger partial charge in [0.15, 0.2) is 0 Å². The molecule has 168 valence electrons. The maximum Gasteiger partial charge on any atom is 0.247 e. The number of hydrogen-bond donors (Lipinski definition) is 1. The number of anilines is 2. The molecular formula is C22H28N8OS. The molecule has 0 saturated carbocycles. The van der Waals surface area contributed by atoms with E-state index in [1.807, 2.05) is 56.5 Å². The number of carbonyl (C=O) groups excluding carboxylic acids is 1. The van der Waals surface area contributed by atoms with Crippen molar-refractivity contribution in [1.29, 1.82) is 0 Å². The number of likely N-dealkylation sites (tertiary alicyclic amines) is 1. The fourth-order valence-corrected chi connectivity index (χ4v) is 4.67. The van der Waals surface area contributed by atoms with Crippen LogP contribution in [0.2, 0.25) is 0 Å². The highest BCUT2D eigenvalue weighted by molar-refractivity contribution is 7.15. The van der Waals surface area contributed by atoms with Crippen molar-refractivity contribution >= 4 is 34.3 Å². The summed E-state index contributed by atoms with van der Waals surface area (Å²) in [5.41, 5.74) is 3.79. The molecule has 0 spiro atoms. The molecule has 32 heavy (non-hydrogen) atoms. The van der Waals surface area contributed by atoms with Crippen molar-refractivity contribution < 1.29 is 4.79 Å². The molecule has 1 saturated heterocycles. The zero-order valence-electron chi connectivity index (χ0n) is 19.1. The summed E-state index contributed by atoms with van der Waals surface area (Å²) in [6.45, 7) is 8.44. The van der Waals surface area contributed by atoms with E-state index in [4.69, 9.17) is 0 Å². The Labute approximate surface area is 191 Å². The largest absolute Gasteiger partial charge is 0.331 e. The van der Waals surface area contributed by atoms with Crippen LogP contribution in [-0.4, -0.2) is 47.3 Å². The zero-order chi connectivity index (χ0) is 22.8. The second-order valence-electron chi connectivity index (χ2n) is 8.06. The molecule has 10 heteroatoms. The molecule has 1 aliphatic rings. The molecule has 3 aromatic heterocycles. The Bertz CT molecular complexity index is 1160. The Kier molecular flexibility index (Phi) is 6.31.